The van der Waals surface area contributed by atoms with Crippen LogP contribution in [0.2, 0.25) is 0 Å². The number of Topliss-reactive ketones (excluding diaryl/α,β-unsaturated/α-hetero) is 1. The Hall–Kier alpha value is -1.89. The molecule has 1 unspecified atom stereocenters. The summed E-state index contributed by atoms with van der Waals surface area (Å²) >= 11 is 0. The first kappa shape index (κ1) is 12.2. The van der Waals surface area contributed by atoms with Crippen LogP contribution in [0, 0.1) is 13.8 Å². The van der Waals surface area contributed by atoms with Gasteiger partial charge in [0.25, 0.3) is 0 Å². The average Bonchev–Trinajstić information content (AvgIpc) is 2.49. The normalized spacial score (nSPS) is 17.6. The minimum absolute atomic E-state index is 0.0123. The molecule has 0 aliphatic heterocycles. The molecule has 0 N–H and O–H groups in total. The monoisotopic (exact) mass is 250 g/mol. The van der Waals surface area contributed by atoms with Gasteiger partial charge in [0.05, 0.1) is 0 Å². The van der Waals surface area contributed by atoms with Crippen molar-refractivity contribution in [2.45, 2.75) is 33.1 Å². The summed E-state index contributed by atoms with van der Waals surface area (Å²) in [5, 5.41) is 0. The second kappa shape index (κ2) is 4.34. The molecule has 96 valence electrons. The zero-order chi connectivity index (χ0) is 13.6. The van der Waals surface area contributed by atoms with Gasteiger partial charge >= 0.3 is 0 Å². The van der Waals surface area contributed by atoms with Gasteiger partial charge in [-0.25, -0.2) is 0 Å². The summed E-state index contributed by atoms with van der Waals surface area (Å²) in [6.07, 6.45) is 0.548. The van der Waals surface area contributed by atoms with E-state index in [1.807, 2.05) is 6.92 Å². The molecule has 1 aliphatic carbocycles. The predicted octanol–water partition coefficient (Wildman–Crippen LogP) is 4.20. The maximum absolute atomic E-state index is 12.4. The Morgan fingerprint density at radius 3 is 2.32 bits per heavy atom. The van der Waals surface area contributed by atoms with Crippen molar-refractivity contribution >= 4 is 5.78 Å². The number of fused-ring (bicyclic) bond motifs is 3. The first-order valence-electron chi connectivity index (χ1n) is 6.80. The van der Waals surface area contributed by atoms with Gasteiger partial charge in [0.15, 0.2) is 0 Å². The fraction of sp³-hybridized carbons (Fsp3) is 0.278. The predicted molar refractivity (Wildman–Crippen MR) is 78.5 cm³/mol. The molecule has 19 heavy (non-hydrogen) atoms. The quantitative estimate of drug-likeness (QED) is 0.685. The van der Waals surface area contributed by atoms with E-state index in [9.17, 15) is 4.79 Å². The molecule has 0 radical (unpaired) electrons. The first-order valence-corrected chi connectivity index (χ1v) is 6.80. The highest BCUT2D eigenvalue weighted by atomic mass is 16.1. The van der Waals surface area contributed by atoms with Crippen LogP contribution >= 0.6 is 0 Å². The van der Waals surface area contributed by atoms with Crippen LogP contribution in [-0.2, 0) is 11.2 Å². The molecule has 0 saturated carbocycles. The number of hydrogen-bond acceptors (Lipinski definition) is 1. The molecule has 2 aromatic carbocycles. The van der Waals surface area contributed by atoms with Crippen molar-refractivity contribution in [1.82, 2.24) is 0 Å². The number of ketones is 1. The third-order valence-corrected chi connectivity index (χ3v) is 4.23. The highest BCUT2D eigenvalue weighted by Crippen LogP contribution is 2.40. The van der Waals surface area contributed by atoms with Crippen LogP contribution in [0.3, 0.4) is 0 Å². The van der Waals surface area contributed by atoms with Gasteiger partial charge in [-0.1, -0.05) is 43.3 Å². The molecule has 1 aliphatic rings. The van der Waals surface area contributed by atoms with E-state index in [0.29, 0.717) is 12.2 Å². The van der Waals surface area contributed by atoms with Crippen LogP contribution in [0.1, 0.15) is 35.1 Å². The van der Waals surface area contributed by atoms with Gasteiger partial charge in [-0.05, 0) is 47.2 Å². The highest BCUT2D eigenvalue weighted by Gasteiger charge is 2.26. The van der Waals surface area contributed by atoms with E-state index in [1.165, 1.54) is 33.4 Å². The Morgan fingerprint density at radius 1 is 0.947 bits per heavy atom. The number of carbonyl (C=O) groups is 1. The van der Waals surface area contributed by atoms with E-state index in [2.05, 4.69) is 50.2 Å². The number of carbonyl (C=O) groups excluding carboxylic acids is 1. The maximum Gasteiger partial charge on any atom is 0.144 e. The molecular weight excluding hydrogens is 232 g/mol. The van der Waals surface area contributed by atoms with E-state index in [4.69, 9.17) is 0 Å². The lowest BCUT2D eigenvalue weighted by atomic mass is 9.87. The summed E-state index contributed by atoms with van der Waals surface area (Å²) in [5.41, 5.74) is 7.41. The van der Waals surface area contributed by atoms with Gasteiger partial charge in [0.1, 0.15) is 5.78 Å². The molecule has 2 aromatic rings. The molecule has 1 atom stereocenters. The highest BCUT2D eigenvalue weighted by molar-refractivity contribution is 5.95. The van der Waals surface area contributed by atoms with Crippen LogP contribution < -0.4 is 0 Å². The standard InChI is InChI=1S/C18H18O/c1-11-6-4-8-14-10-16(19)13(3)15-9-5-7-12(2)18(15)17(11)14/h4-9,13H,10H2,1-3H3. The van der Waals surface area contributed by atoms with E-state index in [1.54, 1.807) is 0 Å². The number of aryl methyl sites for hydroxylation is 2. The molecule has 0 spiro atoms. The second-order valence-corrected chi connectivity index (χ2v) is 5.51. The average molecular weight is 250 g/mol. The van der Waals surface area contributed by atoms with E-state index in [-0.39, 0.29) is 5.92 Å². The Kier molecular flexibility index (Phi) is 2.78. The van der Waals surface area contributed by atoms with E-state index in [0.717, 1.165) is 0 Å². The molecule has 1 nitrogen and oxygen atoms in total. The maximum atomic E-state index is 12.4. The lowest BCUT2D eigenvalue weighted by molar-refractivity contribution is -0.119. The van der Waals surface area contributed by atoms with Crippen LogP contribution in [0.4, 0.5) is 0 Å². The molecule has 0 fully saturated rings. The zero-order valence-electron chi connectivity index (χ0n) is 11.7. The molecule has 0 bridgehead atoms. The molecule has 0 saturated heterocycles. The van der Waals surface area contributed by atoms with Crippen molar-refractivity contribution in [3.8, 4) is 11.1 Å². The number of rotatable bonds is 0. The van der Waals surface area contributed by atoms with Crippen LogP contribution in [0.5, 0.6) is 0 Å². The van der Waals surface area contributed by atoms with Crippen molar-refractivity contribution in [2.24, 2.45) is 0 Å². The van der Waals surface area contributed by atoms with Crippen molar-refractivity contribution in [3.63, 3.8) is 0 Å². The second-order valence-electron chi connectivity index (χ2n) is 5.51. The smallest absolute Gasteiger partial charge is 0.144 e. The van der Waals surface area contributed by atoms with E-state index < -0.39 is 0 Å². The third-order valence-electron chi connectivity index (χ3n) is 4.23. The topological polar surface area (TPSA) is 17.1 Å². The third kappa shape index (κ3) is 1.81. The molecule has 0 aromatic heterocycles. The Labute approximate surface area is 114 Å². The fourth-order valence-corrected chi connectivity index (χ4v) is 3.14. The van der Waals surface area contributed by atoms with Gasteiger partial charge in [-0.15, -0.1) is 0 Å². The zero-order valence-corrected chi connectivity index (χ0v) is 11.7. The van der Waals surface area contributed by atoms with Crippen LogP contribution in [-0.4, -0.2) is 5.78 Å². The summed E-state index contributed by atoms with van der Waals surface area (Å²) in [7, 11) is 0. The van der Waals surface area contributed by atoms with Crippen molar-refractivity contribution in [2.75, 3.05) is 0 Å². The Bertz CT molecular complexity index is 667. The summed E-state index contributed by atoms with van der Waals surface area (Å²) < 4.78 is 0. The fourth-order valence-electron chi connectivity index (χ4n) is 3.14. The summed E-state index contributed by atoms with van der Waals surface area (Å²) in [4.78, 5) is 12.4. The molecule has 0 heterocycles. The number of benzene rings is 2. The van der Waals surface area contributed by atoms with Crippen LogP contribution in [0.15, 0.2) is 36.4 Å². The number of hydrogen-bond donors (Lipinski definition) is 0. The van der Waals surface area contributed by atoms with Gasteiger partial charge in [-0.3, -0.25) is 4.79 Å². The minimum Gasteiger partial charge on any atom is -0.299 e. The lowest BCUT2D eigenvalue weighted by Crippen LogP contribution is -2.10. The Balaban J connectivity index is 2.43. The molecule has 3 rings (SSSR count). The van der Waals surface area contributed by atoms with Gasteiger partial charge in [0.2, 0.25) is 0 Å². The van der Waals surface area contributed by atoms with Crippen molar-refractivity contribution in [1.29, 1.82) is 0 Å². The summed E-state index contributed by atoms with van der Waals surface area (Å²) in [6, 6.07) is 12.6. The molecule has 0 amide bonds. The minimum atomic E-state index is -0.0123. The van der Waals surface area contributed by atoms with E-state index >= 15 is 0 Å². The first-order chi connectivity index (χ1) is 9.09. The summed E-state index contributed by atoms with van der Waals surface area (Å²) in [6.45, 7) is 6.30. The van der Waals surface area contributed by atoms with Gasteiger partial charge in [-0.2, -0.15) is 0 Å². The van der Waals surface area contributed by atoms with Crippen LogP contribution in [0.25, 0.3) is 11.1 Å². The largest absolute Gasteiger partial charge is 0.299 e. The SMILES string of the molecule is Cc1cccc2c1-c1c(C)cccc1C(C)C(=O)C2. The Morgan fingerprint density at radius 2 is 1.58 bits per heavy atom. The van der Waals surface area contributed by atoms with Crippen molar-refractivity contribution in [3.05, 3.63) is 58.7 Å². The molecule has 1 heteroatoms. The van der Waals surface area contributed by atoms with Crippen molar-refractivity contribution < 1.29 is 4.79 Å². The van der Waals surface area contributed by atoms with Gasteiger partial charge < -0.3 is 0 Å². The van der Waals surface area contributed by atoms with Gasteiger partial charge in [0, 0.05) is 12.3 Å². The summed E-state index contributed by atoms with van der Waals surface area (Å²) in [5.74, 6) is 0.304. The molecular formula is C18H18O. The lowest BCUT2D eigenvalue weighted by Gasteiger charge is -2.16.